The first-order chi connectivity index (χ1) is 6.60. The summed E-state index contributed by atoms with van der Waals surface area (Å²) in [5, 5.41) is 18.4. The van der Waals surface area contributed by atoms with Crippen LogP contribution in [0.4, 0.5) is 0 Å². The van der Waals surface area contributed by atoms with Crippen molar-refractivity contribution in [1.29, 1.82) is 0 Å². The van der Waals surface area contributed by atoms with Gasteiger partial charge in [-0.3, -0.25) is 0 Å². The predicted molar refractivity (Wildman–Crippen MR) is 49.0 cm³/mol. The van der Waals surface area contributed by atoms with E-state index in [4.69, 9.17) is 6.42 Å². The Bertz CT molecular complexity index is 415. The molecular weight excluding hydrogens is 184 g/mol. The van der Waals surface area contributed by atoms with E-state index in [0.29, 0.717) is 0 Å². The molecule has 1 aromatic carbocycles. The molecule has 0 fully saturated rings. The third-order valence-electron chi connectivity index (χ3n) is 1.67. The summed E-state index contributed by atoms with van der Waals surface area (Å²) in [7, 11) is 1.21. The molecule has 72 valence electrons. The molecule has 0 aliphatic heterocycles. The zero-order valence-electron chi connectivity index (χ0n) is 7.44. The molecule has 0 saturated heterocycles. The summed E-state index contributed by atoms with van der Waals surface area (Å²) in [5.41, 5.74) is 0.140. The van der Waals surface area contributed by atoms with Gasteiger partial charge in [-0.05, 0) is 12.1 Å². The van der Waals surface area contributed by atoms with Crippen LogP contribution in [0.2, 0.25) is 0 Å². The van der Waals surface area contributed by atoms with Crippen LogP contribution in [0.15, 0.2) is 12.1 Å². The number of hydrogen-bond donors (Lipinski definition) is 2. The second-order valence-corrected chi connectivity index (χ2v) is 2.53. The first-order valence-corrected chi connectivity index (χ1v) is 3.71. The molecule has 0 atom stereocenters. The minimum Gasteiger partial charge on any atom is -0.504 e. The second-order valence-electron chi connectivity index (χ2n) is 2.53. The van der Waals surface area contributed by atoms with Crippen LogP contribution in [0.1, 0.15) is 15.9 Å². The van der Waals surface area contributed by atoms with Crippen molar-refractivity contribution in [3.05, 3.63) is 23.3 Å². The van der Waals surface area contributed by atoms with E-state index in [9.17, 15) is 15.0 Å². The number of benzene rings is 1. The zero-order valence-corrected chi connectivity index (χ0v) is 7.44. The van der Waals surface area contributed by atoms with Gasteiger partial charge in [-0.2, -0.15) is 0 Å². The third kappa shape index (κ3) is 1.62. The molecule has 0 heterocycles. The van der Waals surface area contributed by atoms with E-state index in [1.54, 1.807) is 0 Å². The number of phenolic OH excluding ortho intramolecular Hbond substituents is 2. The Kier molecular flexibility index (Phi) is 2.63. The highest BCUT2D eigenvalue weighted by Crippen LogP contribution is 2.29. The Labute approximate surface area is 80.8 Å². The fourth-order valence-electron chi connectivity index (χ4n) is 0.965. The Morgan fingerprint density at radius 1 is 1.50 bits per heavy atom. The van der Waals surface area contributed by atoms with E-state index in [1.165, 1.54) is 13.2 Å². The van der Waals surface area contributed by atoms with Crippen LogP contribution in [-0.2, 0) is 4.74 Å². The number of carbonyl (C=O) groups excluding carboxylic acids is 1. The lowest BCUT2D eigenvalue weighted by Gasteiger charge is -2.04. The van der Waals surface area contributed by atoms with Gasteiger partial charge >= 0.3 is 5.97 Å². The number of ether oxygens (including phenoxy) is 1. The number of phenols is 2. The van der Waals surface area contributed by atoms with Crippen LogP contribution >= 0.6 is 0 Å². The number of rotatable bonds is 1. The van der Waals surface area contributed by atoms with Crippen molar-refractivity contribution < 1.29 is 19.7 Å². The lowest BCUT2D eigenvalue weighted by Crippen LogP contribution is -2.01. The van der Waals surface area contributed by atoms with Crippen LogP contribution in [-0.4, -0.2) is 23.3 Å². The molecule has 0 radical (unpaired) electrons. The van der Waals surface area contributed by atoms with Crippen molar-refractivity contribution in [2.24, 2.45) is 0 Å². The van der Waals surface area contributed by atoms with Crippen molar-refractivity contribution in [3.8, 4) is 23.8 Å². The number of terminal acetylenes is 1. The number of hydrogen-bond acceptors (Lipinski definition) is 4. The van der Waals surface area contributed by atoms with Crippen molar-refractivity contribution in [2.75, 3.05) is 7.11 Å². The minimum absolute atomic E-state index is 0.0467. The Morgan fingerprint density at radius 2 is 2.14 bits per heavy atom. The van der Waals surface area contributed by atoms with E-state index < -0.39 is 17.5 Å². The van der Waals surface area contributed by atoms with E-state index in [-0.39, 0.29) is 11.1 Å². The normalized spacial score (nSPS) is 9.14. The standard InChI is InChI=1S/C10H8O4/c1-3-6-4-7(10(13)14-2)5-8(11)9(6)12/h1,4-5,11-12H,2H3. The summed E-state index contributed by atoms with van der Waals surface area (Å²) >= 11 is 0. The molecule has 2 N–H and O–H groups in total. The van der Waals surface area contributed by atoms with Crippen LogP contribution in [0.5, 0.6) is 11.5 Å². The highest BCUT2D eigenvalue weighted by molar-refractivity contribution is 5.90. The summed E-state index contributed by atoms with van der Waals surface area (Å²) in [6.45, 7) is 0. The molecule has 1 aromatic rings. The monoisotopic (exact) mass is 192 g/mol. The average molecular weight is 192 g/mol. The zero-order chi connectivity index (χ0) is 10.7. The maximum absolute atomic E-state index is 11.1. The summed E-state index contributed by atoms with van der Waals surface area (Å²) in [5.74, 6) is 0.650. The summed E-state index contributed by atoms with van der Waals surface area (Å²) in [6, 6.07) is 2.35. The van der Waals surface area contributed by atoms with Crippen molar-refractivity contribution in [2.45, 2.75) is 0 Å². The lowest BCUT2D eigenvalue weighted by molar-refractivity contribution is 0.0600. The largest absolute Gasteiger partial charge is 0.504 e. The van der Waals surface area contributed by atoms with Gasteiger partial charge in [0, 0.05) is 0 Å². The van der Waals surface area contributed by atoms with Gasteiger partial charge in [0.05, 0.1) is 18.2 Å². The summed E-state index contributed by atoms with van der Waals surface area (Å²) in [4.78, 5) is 11.1. The first-order valence-electron chi connectivity index (χ1n) is 3.71. The van der Waals surface area contributed by atoms with Gasteiger partial charge in [0.2, 0.25) is 0 Å². The van der Waals surface area contributed by atoms with Crippen molar-refractivity contribution in [3.63, 3.8) is 0 Å². The third-order valence-corrected chi connectivity index (χ3v) is 1.67. The number of aromatic hydroxyl groups is 2. The van der Waals surface area contributed by atoms with Gasteiger partial charge in [-0.15, -0.1) is 6.42 Å². The molecule has 0 amide bonds. The van der Waals surface area contributed by atoms with E-state index >= 15 is 0 Å². The van der Waals surface area contributed by atoms with E-state index in [2.05, 4.69) is 10.7 Å². The molecule has 0 aliphatic carbocycles. The fraction of sp³-hybridized carbons (Fsp3) is 0.100. The molecule has 0 aromatic heterocycles. The van der Waals surface area contributed by atoms with Gasteiger partial charge in [-0.25, -0.2) is 4.79 Å². The summed E-state index contributed by atoms with van der Waals surface area (Å²) in [6.07, 6.45) is 5.06. The van der Waals surface area contributed by atoms with Crippen molar-refractivity contribution in [1.82, 2.24) is 0 Å². The molecule has 14 heavy (non-hydrogen) atoms. The van der Waals surface area contributed by atoms with Gasteiger partial charge in [0.25, 0.3) is 0 Å². The Balaban J connectivity index is 3.32. The van der Waals surface area contributed by atoms with Crippen LogP contribution in [0.3, 0.4) is 0 Å². The predicted octanol–water partition coefficient (Wildman–Crippen LogP) is 0.866. The van der Waals surface area contributed by atoms with Gasteiger partial charge < -0.3 is 14.9 Å². The highest BCUT2D eigenvalue weighted by Gasteiger charge is 2.12. The van der Waals surface area contributed by atoms with E-state index in [1.807, 2.05) is 0 Å². The number of methoxy groups -OCH3 is 1. The lowest BCUT2D eigenvalue weighted by atomic mass is 10.1. The smallest absolute Gasteiger partial charge is 0.338 e. The number of esters is 1. The molecule has 4 heteroatoms. The molecule has 1 rings (SSSR count). The quantitative estimate of drug-likeness (QED) is 0.393. The minimum atomic E-state index is -0.628. The molecule has 4 nitrogen and oxygen atoms in total. The first kappa shape index (κ1) is 9.93. The maximum atomic E-state index is 11.1. The molecular formula is C10H8O4. The van der Waals surface area contributed by atoms with Crippen LogP contribution in [0, 0.1) is 12.3 Å². The topological polar surface area (TPSA) is 66.8 Å². The van der Waals surface area contributed by atoms with Gasteiger partial charge in [0.15, 0.2) is 11.5 Å². The Hall–Kier alpha value is -2.15. The Morgan fingerprint density at radius 3 is 2.64 bits per heavy atom. The number of carbonyl (C=O) groups is 1. The molecule has 0 unspecified atom stereocenters. The fourth-order valence-corrected chi connectivity index (χ4v) is 0.965. The van der Waals surface area contributed by atoms with E-state index in [0.717, 1.165) is 6.07 Å². The van der Waals surface area contributed by atoms with Crippen LogP contribution < -0.4 is 0 Å². The molecule has 0 spiro atoms. The second kappa shape index (κ2) is 3.71. The van der Waals surface area contributed by atoms with Crippen molar-refractivity contribution >= 4 is 5.97 Å². The summed E-state index contributed by atoms with van der Waals surface area (Å²) < 4.78 is 4.43. The van der Waals surface area contributed by atoms with Gasteiger partial charge in [0.1, 0.15) is 0 Å². The van der Waals surface area contributed by atoms with Gasteiger partial charge in [-0.1, -0.05) is 5.92 Å². The molecule has 0 saturated carbocycles. The molecule has 0 bridgehead atoms. The molecule has 0 aliphatic rings. The average Bonchev–Trinajstić information content (AvgIpc) is 2.20. The highest BCUT2D eigenvalue weighted by atomic mass is 16.5. The maximum Gasteiger partial charge on any atom is 0.338 e. The van der Waals surface area contributed by atoms with Crippen LogP contribution in [0.25, 0.3) is 0 Å². The SMILES string of the molecule is C#Cc1cc(C(=O)OC)cc(O)c1O.